The van der Waals surface area contributed by atoms with E-state index in [4.69, 9.17) is 0 Å². The second kappa shape index (κ2) is 5.96. The van der Waals surface area contributed by atoms with E-state index < -0.39 is 0 Å². The van der Waals surface area contributed by atoms with E-state index in [2.05, 4.69) is 15.5 Å². The van der Waals surface area contributed by atoms with Crippen molar-refractivity contribution in [3.05, 3.63) is 48.5 Å². The first kappa shape index (κ1) is 13.6. The van der Waals surface area contributed by atoms with Crippen LogP contribution < -0.4 is 5.43 Å². The number of hydrogen-bond donors (Lipinski definition) is 1. The van der Waals surface area contributed by atoms with Crippen LogP contribution in [-0.4, -0.2) is 37.3 Å². The molecule has 1 unspecified atom stereocenters. The van der Waals surface area contributed by atoms with Crippen LogP contribution in [0.25, 0.3) is 0 Å². The lowest BCUT2D eigenvalue weighted by Crippen LogP contribution is -2.45. The minimum atomic E-state index is -0.308. The Morgan fingerprint density at radius 2 is 2.19 bits per heavy atom. The largest absolute Gasteiger partial charge is 0.272 e. The molecule has 8 heteroatoms. The number of thioether (sulfide) groups is 1. The molecule has 1 aromatic carbocycles. The Kier molecular flexibility index (Phi) is 3.87. The molecule has 1 aliphatic rings. The predicted octanol–water partition coefficient (Wildman–Crippen LogP) is 0.584. The zero-order valence-electron chi connectivity index (χ0n) is 11.0. The number of rotatable bonds is 4. The number of nitrogens with one attached hydrogen (secondary N) is 1. The fourth-order valence-corrected chi connectivity index (χ4v) is 3.15. The highest BCUT2D eigenvalue weighted by Gasteiger charge is 2.34. The lowest BCUT2D eigenvalue weighted by molar-refractivity contribution is -0.139. The van der Waals surface area contributed by atoms with Gasteiger partial charge in [-0.3, -0.25) is 15.0 Å². The predicted molar refractivity (Wildman–Crippen MR) is 76.7 cm³/mol. The van der Waals surface area contributed by atoms with Crippen molar-refractivity contribution in [1.29, 1.82) is 0 Å². The fourth-order valence-electron chi connectivity index (χ4n) is 2.04. The number of benzene rings is 1. The summed E-state index contributed by atoms with van der Waals surface area (Å²) in [6, 6.07) is 9.61. The molecule has 21 heavy (non-hydrogen) atoms. The molecule has 3 rings (SSSR count). The number of amides is 2. The van der Waals surface area contributed by atoms with Gasteiger partial charge in [-0.15, -0.1) is 11.8 Å². The van der Waals surface area contributed by atoms with Crippen LogP contribution in [0, 0.1) is 0 Å². The summed E-state index contributed by atoms with van der Waals surface area (Å²) in [5.74, 6) is -0.0681. The van der Waals surface area contributed by atoms with Gasteiger partial charge in [0.2, 0.25) is 0 Å². The molecule has 2 heterocycles. The van der Waals surface area contributed by atoms with Gasteiger partial charge in [-0.05, 0) is 5.56 Å². The second-order valence-corrected chi connectivity index (χ2v) is 5.53. The standard InChI is InChI=1S/C13H13N5O2S/c19-11(6-17-9-14-8-15-17)16-18-12(20)7-21-13(18)10-4-2-1-3-5-10/h1-5,8-9,13H,6-7H2,(H,16,19). The third kappa shape index (κ3) is 3.05. The van der Waals surface area contributed by atoms with Crippen LogP contribution in [0.15, 0.2) is 43.0 Å². The van der Waals surface area contributed by atoms with Crippen LogP contribution in [0.2, 0.25) is 0 Å². The lowest BCUT2D eigenvalue weighted by atomic mass is 10.2. The molecule has 0 spiro atoms. The summed E-state index contributed by atoms with van der Waals surface area (Å²) >= 11 is 1.49. The summed E-state index contributed by atoms with van der Waals surface area (Å²) in [7, 11) is 0. The molecule has 1 fully saturated rings. The normalized spacial score (nSPS) is 18.0. The molecule has 0 radical (unpaired) electrons. The van der Waals surface area contributed by atoms with Gasteiger partial charge in [0, 0.05) is 0 Å². The number of nitrogens with zero attached hydrogens (tertiary/aromatic N) is 4. The first-order valence-electron chi connectivity index (χ1n) is 6.34. The lowest BCUT2D eigenvalue weighted by Gasteiger charge is -2.24. The van der Waals surface area contributed by atoms with E-state index in [0.717, 1.165) is 5.56 Å². The SMILES string of the molecule is O=C(Cn1cncn1)NN1C(=O)CSC1c1ccccc1. The van der Waals surface area contributed by atoms with Crippen LogP contribution in [-0.2, 0) is 16.1 Å². The van der Waals surface area contributed by atoms with E-state index in [1.165, 1.54) is 34.1 Å². The van der Waals surface area contributed by atoms with Crippen molar-refractivity contribution < 1.29 is 9.59 Å². The van der Waals surface area contributed by atoms with Crippen molar-refractivity contribution in [1.82, 2.24) is 25.2 Å². The Balaban J connectivity index is 1.70. The van der Waals surface area contributed by atoms with Gasteiger partial charge < -0.3 is 0 Å². The highest BCUT2D eigenvalue weighted by atomic mass is 32.2. The molecule has 1 N–H and O–H groups in total. The third-order valence-electron chi connectivity index (χ3n) is 2.97. The van der Waals surface area contributed by atoms with Gasteiger partial charge in [0.1, 0.15) is 24.6 Å². The fraction of sp³-hybridized carbons (Fsp3) is 0.231. The van der Waals surface area contributed by atoms with Gasteiger partial charge in [0.05, 0.1) is 5.75 Å². The molecular formula is C13H13N5O2S. The number of hydrazine groups is 1. The highest BCUT2D eigenvalue weighted by molar-refractivity contribution is 8.00. The number of aromatic nitrogens is 3. The summed E-state index contributed by atoms with van der Waals surface area (Å²) in [5, 5.41) is 5.06. The summed E-state index contributed by atoms with van der Waals surface area (Å²) in [6.45, 7) is 0.0238. The van der Waals surface area contributed by atoms with Crippen LogP contribution in [0.3, 0.4) is 0 Å². The van der Waals surface area contributed by atoms with Gasteiger partial charge in [-0.2, -0.15) is 5.10 Å². The maximum absolute atomic E-state index is 12.0. The summed E-state index contributed by atoms with van der Waals surface area (Å²) < 4.78 is 1.40. The smallest absolute Gasteiger partial charge is 0.260 e. The van der Waals surface area contributed by atoms with Gasteiger partial charge in [-0.1, -0.05) is 30.3 Å². The van der Waals surface area contributed by atoms with E-state index in [1.54, 1.807) is 0 Å². The molecule has 0 saturated carbocycles. The molecule has 0 bridgehead atoms. The Bertz CT molecular complexity index is 631. The van der Waals surface area contributed by atoms with Gasteiger partial charge in [0.15, 0.2) is 0 Å². The minimum Gasteiger partial charge on any atom is -0.272 e. The van der Waals surface area contributed by atoms with Crippen molar-refractivity contribution in [2.45, 2.75) is 11.9 Å². The average Bonchev–Trinajstić information content (AvgIpc) is 3.11. The van der Waals surface area contributed by atoms with Crippen molar-refractivity contribution >= 4 is 23.6 Å². The quantitative estimate of drug-likeness (QED) is 0.894. The molecule has 7 nitrogen and oxygen atoms in total. The third-order valence-corrected chi connectivity index (χ3v) is 4.18. The van der Waals surface area contributed by atoms with Crippen LogP contribution in [0.1, 0.15) is 10.9 Å². The van der Waals surface area contributed by atoms with Crippen LogP contribution >= 0.6 is 11.8 Å². The Morgan fingerprint density at radius 3 is 2.90 bits per heavy atom. The van der Waals surface area contributed by atoms with Crippen molar-refractivity contribution in [2.75, 3.05) is 5.75 Å². The molecule has 0 aliphatic carbocycles. The molecule has 1 atom stereocenters. The molecule has 1 aromatic heterocycles. The monoisotopic (exact) mass is 303 g/mol. The van der Waals surface area contributed by atoms with Gasteiger partial charge in [-0.25, -0.2) is 14.7 Å². The van der Waals surface area contributed by atoms with Gasteiger partial charge >= 0.3 is 0 Å². The maximum atomic E-state index is 12.0. The number of carbonyl (C=O) groups excluding carboxylic acids is 2. The van der Waals surface area contributed by atoms with E-state index in [0.29, 0.717) is 5.75 Å². The van der Waals surface area contributed by atoms with E-state index in [-0.39, 0.29) is 23.7 Å². The Morgan fingerprint density at radius 1 is 1.38 bits per heavy atom. The first-order chi connectivity index (χ1) is 10.2. The van der Waals surface area contributed by atoms with Crippen LogP contribution in [0.5, 0.6) is 0 Å². The second-order valence-electron chi connectivity index (χ2n) is 4.47. The Hall–Kier alpha value is -2.35. The van der Waals surface area contributed by atoms with Crippen LogP contribution in [0.4, 0.5) is 0 Å². The average molecular weight is 303 g/mol. The minimum absolute atomic E-state index is 0.0238. The molecular weight excluding hydrogens is 290 g/mol. The van der Waals surface area contributed by atoms with E-state index in [1.807, 2.05) is 30.3 Å². The summed E-state index contributed by atoms with van der Waals surface area (Å²) in [5.41, 5.74) is 3.63. The summed E-state index contributed by atoms with van der Waals surface area (Å²) in [6.07, 6.45) is 2.81. The van der Waals surface area contributed by atoms with Gasteiger partial charge in [0.25, 0.3) is 11.8 Å². The Labute approximate surface area is 125 Å². The zero-order valence-corrected chi connectivity index (χ0v) is 11.9. The van der Waals surface area contributed by atoms with E-state index >= 15 is 0 Å². The molecule has 108 valence electrons. The number of carbonyl (C=O) groups is 2. The first-order valence-corrected chi connectivity index (χ1v) is 7.39. The molecule has 2 amide bonds. The van der Waals surface area contributed by atoms with Crippen molar-refractivity contribution in [2.24, 2.45) is 0 Å². The zero-order chi connectivity index (χ0) is 14.7. The maximum Gasteiger partial charge on any atom is 0.260 e. The van der Waals surface area contributed by atoms with Crippen molar-refractivity contribution in [3.63, 3.8) is 0 Å². The summed E-state index contributed by atoms with van der Waals surface area (Å²) in [4.78, 5) is 27.7. The van der Waals surface area contributed by atoms with E-state index in [9.17, 15) is 9.59 Å². The molecule has 1 aliphatic heterocycles. The highest BCUT2D eigenvalue weighted by Crippen LogP contribution is 2.36. The molecule has 1 saturated heterocycles. The topological polar surface area (TPSA) is 80.1 Å². The number of hydrogen-bond acceptors (Lipinski definition) is 5. The molecule has 2 aromatic rings. The van der Waals surface area contributed by atoms with Crippen molar-refractivity contribution in [3.8, 4) is 0 Å².